The van der Waals surface area contributed by atoms with E-state index in [-0.39, 0.29) is 12.6 Å². The lowest BCUT2D eigenvalue weighted by Gasteiger charge is -2.32. The predicted molar refractivity (Wildman–Crippen MR) is 80.9 cm³/mol. The van der Waals surface area contributed by atoms with Crippen LogP contribution in [0.25, 0.3) is 0 Å². The van der Waals surface area contributed by atoms with Crippen LogP contribution in [0.15, 0.2) is 22.7 Å². The number of ether oxygens (including phenoxy) is 1. The molecule has 0 aliphatic carbocycles. The van der Waals surface area contributed by atoms with Gasteiger partial charge in [0.25, 0.3) is 0 Å². The second kappa shape index (κ2) is 6.56. The Morgan fingerprint density at radius 1 is 1.45 bits per heavy atom. The van der Waals surface area contributed by atoms with Crippen LogP contribution in [0, 0.1) is 6.92 Å². The molecule has 1 heterocycles. The Labute approximate surface area is 126 Å². The third-order valence-electron chi connectivity index (χ3n) is 3.37. The van der Waals surface area contributed by atoms with E-state index >= 15 is 0 Å². The monoisotopic (exact) mass is 342 g/mol. The molecule has 110 valence electrons. The first-order valence-electron chi connectivity index (χ1n) is 6.60. The van der Waals surface area contributed by atoms with Gasteiger partial charge in [-0.15, -0.1) is 0 Å². The molecule has 0 atom stereocenters. The van der Waals surface area contributed by atoms with Crippen molar-refractivity contribution in [3.05, 3.63) is 28.2 Å². The van der Waals surface area contributed by atoms with Gasteiger partial charge in [0.1, 0.15) is 0 Å². The maximum atomic E-state index is 11.9. The molecule has 0 spiro atoms. The van der Waals surface area contributed by atoms with Crippen molar-refractivity contribution in [3.8, 4) is 0 Å². The van der Waals surface area contributed by atoms with Crippen LogP contribution < -0.4 is 10.6 Å². The van der Waals surface area contributed by atoms with E-state index in [9.17, 15) is 9.90 Å². The molecule has 0 saturated carbocycles. The number of carbonyl (C=O) groups excluding carboxylic acids is 1. The highest BCUT2D eigenvalue weighted by atomic mass is 79.9. The van der Waals surface area contributed by atoms with Crippen molar-refractivity contribution in [1.29, 1.82) is 0 Å². The fraction of sp³-hybridized carbons (Fsp3) is 0.500. The average molecular weight is 343 g/mol. The Hall–Kier alpha value is -1.11. The van der Waals surface area contributed by atoms with Crippen LogP contribution in [0.4, 0.5) is 10.5 Å². The van der Waals surface area contributed by atoms with Crippen LogP contribution in [0.1, 0.15) is 18.4 Å². The lowest BCUT2D eigenvalue weighted by Crippen LogP contribution is -2.47. The SMILES string of the molecule is Cc1ccc(Br)c(NC(=O)NCC2(O)CCOCC2)c1. The minimum atomic E-state index is -0.862. The van der Waals surface area contributed by atoms with Crippen LogP contribution in [-0.4, -0.2) is 36.5 Å². The van der Waals surface area contributed by atoms with Gasteiger partial charge in [-0.1, -0.05) is 6.07 Å². The Kier molecular flexibility index (Phi) is 5.01. The second-order valence-electron chi connectivity index (χ2n) is 5.13. The minimum absolute atomic E-state index is 0.228. The summed E-state index contributed by atoms with van der Waals surface area (Å²) in [5.74, 6) is 0. The van der Waals surface area contributed by atoms with Gasteiger partial charge >= 0.3 is 6.03 Å². The molecule has 1 aliphatic heterocycles. The molecule has 1 aliphatic rings. The fourth-order valence-electron chi connectivity index (χ4n) is 2.07. The van der Waals surface area contributed by atoms with Crippen LogP contribution >= 0.6 is 15.9 Å². The van der Waals surface area contributed by atoms with Crippen LogP contribution in [-0.2, 0) is 4.74 Å². The van der Waals surface area contributed by atoms with Crippen molar-refractivity contribution in [2.75, 3.05) is 25.1 Å². The molecule has 0 aromatic heterocycles. The van der Waals surface area contributed by atoms with Crippen molar-refractivity contribution >= 4 is 27.6 Å². The zero-order valence-electron chi connectivity index (χ0n) is 11.4. The standard InChI is InChI=1S/C14H19BrN2O3/c1-10-2-3-11(15)12(8-10)17-13(18)16-9-14(19)4-6-20-7-5-14/h2-3,8,19H,4-7,9H2,1H3,(H2,16,17,18). The van der Waals surface area contributed by atoms with Crippen LogP contribution in [0.5, 0.6) is 0 Å². The normalized spacial score (nSPS) is 17.6. The molecule has 3 N–H and O–H groups in total. The molecule has 2 amide bonds. The minimum Gasteiger partial charge on any atom is -0.388 e. The third-order valence-corrected chi connectivity index (χ3v) is 4.06. The molecule has 1 aromatic rings. The van der Waals surface area contributed by atoms with E-state index in [4.69, 9.17) is 4.74 Å². The molecule has 6 heteroatoms. The quantitative estimate of drug-likeness (QED) is 0.789. The summed E-state index contributed by atoms with van der Waals surface area (Å²) in [4.78, 5) is 11.9. The smallest absolute Gasteiger partial charge is 0.319 e. The summed E-state index contributed by atoms with van der Waals surface area (Å²) < 4.78 is 6.02. The van der Waals surface area contributed by atoms with E-state index < -0.39 is 5.60 Å². The Balaban J connectivity index is 1.87. The number of benzene rings is 1. The highest BCUT2D eigenvalue weighted by molar-refractivity contribution is 9.10. The molecule has 1 saturated heterocycles. The van der Waals surface area contributed by atoms with E-state index in [0.29, 0.717) is 31.7 Å². The number of rotatable bonds is 3. The lowest BCUT2D eigenvalue weighted by atomic mass is 9.94. The van der Waals surface area contributed by atoms with Gasteiger partial charge in [-0.05, 0) is 40.5 Å². The molecule has 20 heavy (non-hydrogen) atoms. The van der Waals surface area contributed by atoms with Crippen molar-refractivity contribution in [3.63, 3.8) is 0 Å². The first kappa shape index (κ1) is 15.3. The maximum absolute atomic E-state index is 11.9. The highest BCUT2D eigenvalue weighted by Crippen LogP contribution is 2.23. The van der Waals surface area contributed by atoms with Gasteiger partial charge < -0.3 is 20.5 Å². The molecule has 1 fully saturated rings. The molecular weight excluding hydrogens is 324 g/mol. The Bertz CT molecular complexity index is 487. The lowest BCUT2D eigenvalue weighted by molar-refractivity contribution is -0.0598. The van der Waals surface area contributed by atoms with Crippen molar-refractivity contribution < 1.29 is 14.6 Å². The van der Waals surface area contributed by atoms with Gasteiger partial charge in [-0.3, -0.25) is 0 Å². The third kappa shape index (κ3) is 4.19. The first-order valence-corrected chi connectivity index (χ1v) is 7.39. The van der Waals surface area contributed by atoms with Gasteiger partial charge in [0.2, 0.25) is 0 Å². The summed E-state index contributed by atoms with van der Waals surface area (Å²) in [5.41, 5.74) is 0.910. The summed E-state index contributed by atoms with van der Waals surface area (Å²) in [6, 6.07) is 5.40. The fourth-order valence-corrected chi connectivity index (χ4v) is 2.42. The molecule has 5 nitrogen and oxygen atoms in total. The zero-order chi connectivity index (χ0) is 14.6. The molecule has 0 bridgehead atoms. The number of aliphatic hydroxyl groups is 1. The number of urea groups is 1. The van der Waals surface area contributed by atoms with E-state index in [1.165, 1.54) is 0 Å². The summed E-state index contributed by atoms with van der Waals surface area (Å²) in [6.45, 7) is 3.25. The molecule has 0 unspecified atom stereocenters. The van der Waals surface area contributed by atoms with Gasteiger partial charge in [0.05, 0.1) is 11.3 Å². The number of halogens is 1. The average Bonchev–Trinajstić information content (AvgIpc) is 2.42. The summed E-state index contributed by atoms with van der Waals surface area (Å²) in [6.07, 6.45) is 1.09. The number of hydrogen-bond acceptors (Lipinski definition) is 3. The van der Waals surface area contributed by atoms with Crippen LogP contribution in [0.3, 0.4) is 0 Å². The first-order chi connectivity index (χ1) is 9.48. The Morgan fingerprint density at radius 3 is 2.85 bits per heavy atom. The predicted octanol–water partition coefficient (Wildman–Crippen LogP) is 2.42. The van der Waals surface area contributed by atoms with Gasteiger partial charge in [0, 0.05) is 37.1 Å². The van der Waals surface area contributed by atoms with Crippen LogP contribution in [0.2, 0.25) is 0 Å². The maximum Gasteiger partial charge on any atom is 0.319 e. The van der Waals surface area contributed by atoms with E-state index in [0.717, 1.165) is 10.0 Å². The number of carbonyl (C=O) groups is 1. The number of amides is 2. The molecule has 2 rings (SSSR count). The van der Waals surface area contributed by atoms with E-state index in [1.807, 2.05) is 25.1 Å². The summed E-state index contributed by atoms with van der Waals surface area (Å²) >= 11 is 3.39. The molecule has 0 radical (unpaired) electrons. The summed E-state index contributed by atoms with van der Waals surface area (Å²) in [7, 11) is 0. The molecular formula is C14H19BrN2O3. The number of aryl methyl sites for hydroxylation is 1. The van der Waals surface area contributed by atoms with Gasteiger partial charge in [-0.25, -0.2) is 4.79 Å². The number of anilines is 1. The van der Waals surface area contributed by atoms with Gasteiger partial charge in [0.15, 0.2) is 0 Å². The van der Waals surface area contributed by atoms with Crippen molar-refractivity contribution in [1.82, 2.24) is 5.32 Å². The van der Waals surface area contributed by atoms with E-state index in [1.54, 1.807) is 0 Å². The largest absolute Gasteiger partial charge is 0.388 e. The second-order valence-corrected chi connectivity index (χ2v) is 5.98. The Morgan fingerprint density at radius 2 is 2.15 bits per heavy atom. The van der Waals surface area contributed by atoms with Gasteiger partial charge in [-0.2, -0.15) is 0 Å². The number of hydrogen-bond donors (Lipinski definition) is 3. The molecule has 1 aromatic carbocycles. The topological polar surface area (TPSA) is 70.6 Å². The highest BCUT2D eigenvalue weighted by Gasteiger charge is 2.30. The number of nitrogens with one attached hydrogen (secondary N) is 2. The zero-order valence-corrected chi connectivity index (χ0v) is 13.0. The van der Waals surface area contributed by atoms with E-state index in [2.05, 4.69) is 26.6 Å². The summed E-state index contributed by atoms with van der Waals surface area (Å²) in [5, 5.41) is 15.7. The van der Waals surface area contributed by atoms with Crippen molar-refractivity contribution in [2.24, 2.45) is 0 Å². The van der Waals surface area contributed by atoms with Crippen molar-refractivity contribution in [2.45, 2.75) is 25.4 Å².